The molecule has 0 saturated carbocycles. The van der Waals surface area contributed by atoms with E-state index in [1.54, 1.807) is 6.92 Å². The van der Waals surface area contributed by atoms with E-state index >= 15 is 0 Å². The first-order valence-corrected chi connectivity index (χ1v) is 7.03. The van der Waals surface area contributed by atoms with Crippen molar-refractivity contribution in [3.05, 3.63) is 23.4 Å². The lowest BCUT2D eigenvalue weighted by molar-refractivity contribution is -0.141. The van der Waals surface area contributed by atoms with Crippen molar-refractivity contribution in [2.75, 3.05) is 18.0 Å². The predicted molar refractivity (Wildman–Crippen MR) is 73.7 cm³/mol. The number of rotatable bonds is 3. The molecule has 1 aromatic heterocycles. The van der Waals surface area contributed by atoms with Gasteiger partial charge in [0, 0.05) is 25.2 Å². The number of anilines is 1. The van der Waals surface area contributed by atoms with Gasteiger partial charge in [-0.05, 0) is 31.7 Å². The van der Waals surface area contributed by atoms with Gasteiger partial charge in [-0.2, -0.15) is 13.2 Å². The van der Waals surface area contributed by atoms with E-state index in [1.807, 2.05) is 4.90 Å². The summed E-state index contributed by atoms with van der Waals surface area (Å²) in [6, 6.07) is 2.36. The lowest BCUT2D eigenvalue weighted by Gasteiger charge is -2.35. The Hall–Kier alpha value is -1.34. The van der Waals surface area contributed by atoms with Crippen LogP contribution in [0.5, 0.6) is 0 Å². The van der Waals surface area contributed by atoms with E-state index in [0.717, 1.165) is 18.9 Å². The van der Waals surface area contributed by atoms with Gasteiger partial charge in [0.25, 0.3) is 0 Å². The first-order valence-electron chi connectivity index (χ1n) is 7.03. The Kier molecular flexibility index (Phi) is 4.73. The molecule has 4 nitrogen and oxygen atoms in total. The number of piperidine rings is 1. The molecule has 1 aliphatic rings. The van der Waals surface area contributed by atoms with E-state index in [0.29, 0.717) is 24.5 Å². The second kappa shape index (κ2) is 6.19. The van der Waals surface area contributed by atoms with Crippen LogP contribution in [0, 0.1) is 5.92 Å². The highest BCUT2D eigenvalue weighted by molar-refractivity contribution is 5.48. The van der Waals surface area contributed by atoms with Crippen molar-refractivity contribution in [1.82, 2.24) is 4.98 Å². The summed E-state index contributed by atoms with van der Waals surface area (Å²) in [6.07, 6.45) is -3.38. The van der Waals surface area contributed by atoms with E-state index in [-0.39, 0.29) is 12.5 Å². The fourth-order valence-corrected chi connectivity index (χ4v) is 2.66. The molecular weight excluding hydrogens is 283 g/mol. The monoisotopic (exact) mass is 303 g/mol. The molecule has 0 radical (unpaired) electrons. The second-order valence-electron chi connectivity index (χ2n) is 5.45. The molecule has 1 atom stereocenters. The molecule has 0 bridgehead atoms. The normalized spacial score (nSPS) is 18.9. The van der Waals surface area contributed by atoms with Gasteiger partial charge in [0.2, 0.25) is 0 Å². The minimum atomic E-state index is -4.46. The quantitative estimate of drug-likeness (QED) is 0.898. The third-order valence-corrected chi connectivity index (χ3v) is 3.99. The second-order valence-corrected chi connectivity index (χ2v) is 5.45. The molecule has 21 heavy (non-hydrogen) atoms. The van der Waals surface area contributed by atoms with Crippen LogP contribution in [0.15, 0.2) is 12.1 Å². The first kappa shape index (κ1) is 16.0. The summed E-state index contributed by atoms with van der Waals surface area (Å²) in [5.74, 6) is 0.504. The molecule has 0 spiro atoms. The van der Waals surface area contributed by atoms with Gasteiger partial charge in [0.1, 0.15) is 11.5 Å². The number of pyridine rings is 1. The lowest BCUT2D eigenvalue weighted by Crippen LogP contribution is -2.38. The SMILES string of the molecule is CC(O)C1CCN(c2nc(C(F)(F)F)ccc2CN)CC1. The van der Waals surface area contributed by atoms with Crippen LogP contribution in [0.25, 0.3) is 0 Å². The van der Waals surface area contributed by atoms with Crippen LogP contribution in [0.4, 0.5) is 19.0 Å². The third kappa shape index (κ3) is 3.65. The van der Waals surface area contributed by atoms with Crippen LogP contribution >= 0.6 is 0 Å². The van der Waals surface area contributed by atoms with Crippen molar-refractivity contribution in [2.45, 2.75) is 38.6 Å². The van der Waals surface area contributed by atoms with Gasteiger partial charge in [-0.15, -0.1) is 0 Å². The van der Waals surface area contributed by atoms with Crippen LogP contribution in [0.3, 0.4) is 0 Å². The number of halogens is 3. The zero-order chi connectivity index (χ0) is 15.6. The molecule has 118 valence electrons. The van der Waals surface area contributed by atoms with E-state index in [1.165, 1.54) is 6.07 Å². The molecule has 7 heteroatoms. The number of hydrogen-bond acceptors (Lipinski definition) is 4. The van der Waals surface area contributed by atoms with Gasteiger partial charge in [0.15, 0.2) is 0 Å². The van der Waals surface area contributed by atoms with Crippen molar-refractivity contribution in [3.8, 4) is 0 Å². The summed E-state index contributed by atoms with van der Waals surface area (Å²) >= 11 is 0. The van der Waals surface area contributed by atoms with E-state index < -0.39 is 18.0 Å². The first-order chi connectivity index (χ1) is 9.82. The van der Waals surface area contributed by atoms with E-state index in [4.69, 9.17) is 5.73 Å². The molecule has 2 heterocycles. The van der Waals surface area contributed by atoms with Crippen molar-refractivity contribution in [1.29, 1.82) is 0 Å². The number of aliphatic hydroxyl groups excluding tert-OH is 1. The van der Waals surface area contributed by atoms with E-state index in [2.05, 4.69) is 4.98 Å². The lowest BCUT2D eigenvalue weighted by atomic mass is 9.92. The van der Waals surface area contributed by atoms with Gasteiger partial charge >= 0.3 is 6.18 Å². The zero-order valence-electron chi connectivity index (χ0n) is 11.9. The summed E-state index contributed by atoms with van der Waals surface area (Å²) < 4.78 is 38.4. The molecule has 1 aliphatic heterocycles. The number of aromatic nitrogens is 1. The molecule has 1 fully saturated rings. The Balaban J connectivity index is 2.22. The Morgan fingerprint density at radius 2 is 2.00 bits per heavy atom. The van der Waals surface area contributed by atoms with Crippen molar-refractivity contribution in [3.63, 3.8) is 0 Å². The maximum absolute atomic E-state index is 12.8. The minimum Gasteiger partial charge on any atom is -0.393 e. The van der Waals surface area contributed by atoms with Crippen LogP contribution in [-0.2, 0) is 12.7 Å². The molecular formula is C14H20F3N3O. The molecule has 0 amide bonds. The zero-order valence-corrected chi connectivity index (χ0v) is 11.9. The fraction of sp³-hybridized carbons (Fsp3) is 0.643. The van der Waals surface area contributed by atoms with E-state index in [9.17, 15) is 18.3 Å². The number of nitrogens with zero attached hydrogens (tertiary/aromatic N) is 2. The van der Waals surface area contributed by atoms with Crippen LogP contribution in [-0.4, -0.2) is 29.3 Å². The summed E-state index contributed by atoms with van der Waals surface area (Å²) in [7, 11) is 0. The number of nitrogens with two attached hydrogens (primary N) is 1. The molecule has 1 unspecified atom stereocenters. The third-order valence-electron chi connectivity index (χ3n) is 3.99. The van der Waals surface area contributed by atoms with Gasteiger partial charge in [-0.1, -0.05) is 6.07 Å². The van der Waals surface area contributed by atoms with Crippen LogP contribution in [0.2, 0.25) is 0 Å². The summed E-state index contributed by atoms with van der Waals surface area (Å²) in [4.78, 5) is 5.60. The number of alkyl halides is 3. The molecule has 2 rings (SSSR count). The maximum Gasteiger partial charge on any atom is 0.433 e. The van der Waals surface area contributed by atoms with Crippen molar-refractivity contribution < 1.29 is 18.3 Å². The smallest absolute Gasteiger partial charge is 0.393 e. The Morgan fingerprint density at radius 1 is 1.38 bits per heavy atom. The van der Waals surface area contributed by atoms with Crippen LogP contribution in [0.1, 0.15) is 31.0 Å². The fourth-order valence-electron chi connectivity index (χ4n) is 2.66. The van der Waals surface area contributed by atoms with Crippen molar-refractivity contribution in [2.24, 2.45) is 11.7 Å². The van der Waals surface area contributed by atoms with Gasteiger partial charge in [-0.3, -0.25) is 0 Å². The highest BCUT2D eigenvalue weighted by Crippen LogP contribution is 2.32. The minimum absolute atomic E-state index is 0.150. The summed E-state index contributed by atoms with van der Waals surface area (Å²) in [6.45, 7) is 3.05. The number of hydrogen-bond donors (Lipinski definition) is 2. The average molecular weight is 303 g/mol. The van der Waals surface area contributed by atoms with Gasteiger partial charge in [0.05, 0.1) is 6.10 Å². The topological polar surface area (TPSA) is 62.4 Å². The maximum atomic E-state index is 12.8. The number of aliphatic hydroxyl groups is 1. The Bertz CT molecular complexity index is 483. The largest absolute Gasteiger partial charge is 0.433 e. The standard InChI is InChI=1S/C14H20F3N3O/c1-9(21)10-4-6-20(7-5-10)13-11(8-18)2-3-12(19-13)14(15,16)17/h2-3,9-10,21H,4-8,18H2,1H3. The Morgan fingerprint density at radius 3 is 2.48 bits per heavy atom. The van der Waals surface area contributed by atoms with Gasteiger partial charge < -0.3 is 15.7 Å². The Labute approximate surface area is 121 Å². The summed E-state index contributed by atoms with van der Waals surface area (Å²) in [5, 5.41) is 9.58. The molecule has 0 aromatic carbocycles. The molecule has 1 saturated heterocycles. The van der Waals surface area contributed by atoms with Gasteiger partial charge in [-0.25, -0.2) is 4.98 Å². The van der Waals surface area contributed by atoms with Crippen molar-refractivity contribution >= 4 is 5.82 Å². The molecule has 0 aliphatic carbocycles. The molecule has 3 N–H and O–H groups in total. The van der Waals surface area contributed by atoms with Crippen LogP contribution < -0.4 is 10.6 Å². The molecule has 1 aromatic rings. The predicted octanol–water partition coefficient (Wildman–Crippen LogP) is 2.16. The summed E-state index contributed by atoms with van der Waals surface area (Å²) in [5.41, 5.74) is 5.32. The highest BCUT2D eigenvalue weighted by Gasteiger charge is 2.34. The average Bonchev–Trinajstić information content (AvgIpc) is 2.45. The highest BCUT2D eigenvalue weighted by atomic mass is 19.4.